The average molecular weight is 382 g/mol. The lowest BCUT2D eigenvalue weighted by Gasteiger charge is -2.13. The van der Waals surface area contributed by atoms with Crippen LogP contribution in [0.2, 0.25) is 0 Å². The minimum Gasteiger partial charge on any atom is -0.496 e. The smallest absolute Gasteiger partial charge is 0.303 e. The number of hydrogen-bond acceptors (Lipinski definition) is 7. The van der Waals surface area contributed by atoms with Gasteiger partial charge in [0.05, 0.1) is 16.9 Å². The molecule has 0 spiro atoms. The minimum absolute atomic E-state index is 0.0607. The van der Waals surface area contributed by atoms with E-state index in [0.717, 1.165) is 11.8 Å². The summed E-state index contributed by atoms with van der Waals surface area (Å²) in [6.07, 6.45) is 1.71. The minimum atomic E-state index is -0.942. The van der Waals surface area contributed by atoms with E-state index >= 15 is 0 Å². The van der Waals surface area contributed by atoms with Gasteiger partial charge in [0.1, 0.15) is 10.1 Å². The molecule has 0 bridgehead atoms. The standard InChI is InChI=1S/C15H14N2O6S2/c1-23-11-5-4-10(17(21)22)7-9(11)8-12-14(20)16(15(24)25-12)6-2-3-13(18)19/h4-5,7-8H,2-3,6H2,1H3,(H,18,19)/b12-8-. The maximum absolute atomic E-state index is 12.4. The van der Waals surface area contributed by atoms with Crippen molar-refractivity contribution in [3.05, 3.63) is 38.8 Å². The number of nitrogens with zero attached hydrogens (tertiary/aromatic N) is 2. The van der Waals surface area contributed by atoms with E-state index < -0.39 is 10.9 Å². The van der Waals surface area contributed by atoms with Crippen LogP contribution in [0.25, 0.3) is 6.08 Å². The molecule has 25 heavy (non-hydrogen) atoms. The average Bonchev–Trinajstić information content (AvgIpc) is 2.81. The number of nitro benzene ring substituents is 1. The van der Waals surface area contributed by atoms with Gasteiger partial charge in [-0.2, -0.15) is 0 Å². The highest BCUT2D eigenvalue weighted by Gasteiger charge is 2.32. The fourth-order valence-corrected chi connectivity index (χ4v) is 3.47. The van der Waals surface area contributed by atoms with Crippen molar-refractivity contribution in [2.75, 3.05) is 13.7 Å². The van der Waals surface area contributed by atoms with Crippen molar-refractivity contribution >= 4 is 51.9 Å². The van der Waals surface area contributed by atoms with Gasteiger partial charge in [-0.1, -0.05) is 24.0 Å². The molecule has 1 amide bonds. The lowest BCUT2D eigenvalue weighted by molar-refractivity contribution is -0.384. The van der Waals surface area contributed by atoms with Crippen molar-refractivity contribution in [1.29, 1.82) is 0 Å². The zero-order valence-electron chi connectivity index (χ0n) is 13.1. The predicted molar refractivity (Wildman–Crippen MR) is 96.4 cm³/mol. The molecule has 8 nitrogen and oxygen atoms in total. The van der Waals surface area contributed by atoms with Crippen LogP contribution in [-0.2, 0) is 9.59 Å². The highest BCUT2D eigenvalue weighted by molar-refractivity contribution is 8.26. The Bertz CT molecular complexity index is 777. The quantitative estimate of drug-likeness (QED) is 0.332. The number of thioether (sulfide) groups is 1. The van der Waals surface area contributed by atoms with Crippen molar-refractivity contribution in [2.24, 2.45) is 0 Å². The number of nitro groups is 1. The van der Waals surface area contributed by atoms with Crippen molar-refractivity contribution in [1.82, 2.24) is 4.90 Å². The van der Waals surface area contributed by atoms with Gasteiger partial charge in [0.2, 0.25) is 0 Å². The number of benzene rings is 1. The monoisotopic (exact) mass is 382 g/mol. The number of carboxylic acids is 1. The number of carboxylic acid groups (broad SMARTS) is 1. The van der Waals surface area contributed by atoms with Gasteiger partial charge >= 0.3 is 5.97 Å². The van der Waals surface area contributed by atoms with Crippen LogP contribution in [0.4, 0.5) is 5.69 Å². The van der Waals surface area contributed by atoms with Crippen molar-refractivity contribution in [3.63, 3.8) is 0 Å². The highest BCUT2D eigenvalue weighted by atomic mass is 32.2. The Hall–Kier alpha value is -2.46. The lowest BCUT2D eigenvalue weighted by Crippen LogP contribution is -2.29. The number of ether oxygens (including phenoxy) is 1. The van der Waals surface area contributed by atoms with E-state index in [1.54, 1.807) is 0 Å². The molecule has 0 atom stereocenters. The molecular weight excluding hydrogens is 368 g/mol. The molecule has 1 aliphatic heterocycles. The van der Waals surface area contributed by atoms with Gasteiger partial charge in [0, 0.05) is 30.7 Å². The summed E-state index contributed by atoms with van der Waals surface area (Å²) in [7, 11) is 1.43. The summed E-state index contributed by atoms with van der Waals surface area (Å²) >= 11 is 6.22. The first-order valence-corrected chi connectivity index (χ1v) is 8.35. The van der Waals surface area contributed by atoms with Crippen LogP contribution < -0.4 is 4.74 Å². The second-order valence-corrected chi connectivity index (χ2v) is 6.69. The Kier molecular flexibility index (Phi) is 6.10. The third kappa shape index (κ3) is 4.54. The zero-order valence-corrected chi connectivity index (χ0v) is 14.8. The number of non-ortho nitro benzene ring substituents is 1. The van der Waals surface area contributed by atoms with Crippen LogP contribution in [0.15, 0.2) is 23.1 Å². The highest BCUT2D eigenvalue weighted by Crippen LogP contribution is 2.35. The molecule has 1 aromatic rings. The van der Waals surface area contributed by atoms with Crippen molar-refractivity contribution < 1.29 is 24.4 Å². The molecule has 132 valence electrons. The van der Waals surface area contributed by atoms with E-state index in [1.165, 1.54) is 36.3 Å². The number of rotatable bonds is 7. The Morgan fingerprint density at radius 2 is 2.24 bits per heavy atom. The van der Waals surface area contributed by atoms with Gasteiger partial charge in [-0.25, -0.2) is 0 Å². The summed E-state index contributed by atoms with van der Waals surface area (Å²) in [6, 6.07) is 4.08. The molecule has 1 N–H and O–H groups in total. The fraction of sp³-hybridized carbons (Fsp3) is 0.267. The number of amides is 1. The maximum atomic E-state index is 12.4. The number of aliphatic carboxylic acids is 1. The molecule has 0 aliphatic carbocycles. The first kappa shape index (κ1) is 18.9. The molecule has 1 fully saturated rings. The molecule has 0 unspecified atom stereocenters. The van der Waals surface area contributed by atoms with Crippen LogP contribution in [0.1, 0.15) is 18.4 Å². The topological polar surface area (TPSA) is 110 Å². The summed E-state index contributed by atoms with van der Waals surface area (Å²) in [5, 5.41) is 19.6. The third-order valence-corrected chi connectivity index (χ3v) is 4.73. The molecule has 0 radical (unpaired) electrons. The normalized spacial score (nSPS) is 15.7. The lowest BCUT2D eigenvalue weighted by atomic mass is 10.1. The maximum Gasteiger partial charge on any atom is 0.303 e. The predicted octanol–water partition coefficient (Wildman–Crippen LogP) is 2.67. The second kappa shape index (κ2) is 8.08. The zero-order chi connectivity index (χ0) is 18.6. The van der Waals surface area contributed by atoms with E-state index in [0.29, 0.717) is 20.5 Å². The molecule has 1 aliphatic rings. The van der Waals surface area contributed by atoms with Gasteiger partial charge in [0.25, 0.3) is 11.6 Å². The third-order valence-electron chi connectivity index (χ3n) is 3.36. The van der Waals surface area contributed by atoms with Crippen molar-refractivity contribution in [2.45, 2.75) is 12.8 Å². The fourth-order valence-electron chi connectivity index (χ4n) is 2.17. The second-order valence-electron chi connectivity index (χ2n) is 5.01. The SMILES string of the molecule is COc1ccc([N+](=O)[O-])cc1/C=C1\SC(=S)N(CCCC(=O)O)C1=O. The molecule has 1 aromatic carbocycles. The summed E-state index contributed by atoms with van der Waals surface area (Å²) in [4.78, 5) is 35.0. The molecule has 1 saturated heterocycles. The summed E-state index contributed by atoms with van der Waals surface area (Å²) in [5.41, 5.74) is 0.270. The van der Waals surface area contributed by atoms with E-state index in [1.807, 2.05) is 0 Å². The first-order valence-electron chi connectivity index (χ1n) is 7.13. The summed E-state index contributed by atoms with van der Waals surface area (Å²) < 4.78 is 5.50. The summed E-state index contributed by atoms with van der Waals surface area (Å²) in [6.45, 7) is 0.209. The molecule has 2 rings (SSSR count). The Morgan fingerprint density at radius 1 is 1.52 bits per heavy atom. The van der Waals surface area contributed by atoms with Gasteiger partial charge < -0.3 is 9.84 Å². The van der Waals surface area contributed by atoms with E-state index in [2.05, 4.69) is 0 Å². The molecule has 10 heteroatoms. The summed E-state index contributed by atoms with van der Waals surface area (Å²) in [5.74, 6) is -0.905. The number of thiocarbonyl (C=S) groups is 1. The number of carbonyl (C=O) groups is 2. The van der Waals surface area contributed by atoms with Crippen LogP contribution in [0.5, 0.6) is 5.75 Å². The molecule has 0 aromatic heterocycles. The van der Waals surface area contributed by atoms with Gasteiger partial charge in [-0.15, -0.1) is 0 Å². The number of hydrogen-bond donors (Lipinski definition) is 1. The van der Waals surface area contributed by atoms with Crippen LogP contribution >= 0.6 is 24.0 Å². The molecular formula is C15H14N2O6S2. The molecule has 0 saturated carbocycles. The van der Waals surface area contributed by atoms with E-state index in [-0.39, 0.29) is 31.0 Å². The van der Waals surface area contributed by atoms with Gasteiger partial charge in [-0.05, 0) is 18.6 Å². The van der Waals surface area contributed by atoms with Crippen LogP contribution in [0, 0.1) is 10.1 Å². The van der Waals surface area contributed by atoms with E-state index in [4.69, 9.17) is 22.1 Å². The van der Waals surface area contributed by atoms with Gasteiger partial charge in [0.15, 0.2) is 0 Å². The number of methoxy groups -OCH3 is 1. The Labute approximate surface area is 152 Å². The molecule has 1 heterocycles. The van der Waals surface area contributed by atoms with Crippen LogP contribution in [-0.4, -0.2) is 44.8 Å². The Balaban J connectivity index is 2.25. The largest absolute Gasteiger partial charge is 0.496 e. The van der Waals surface area contributed by atoms with Gasteiger partial charge in [-0.3, -0.25) is 24.6 Å². The van der Waals surface area contributed by atoms with Crippen molar-refractivity contribution in [3.8, 4) is 5.75 Å². The Morgan fingerprint density at radius 3 is 2.84 bits per heavy atom. The van der Waals surface area contributed by atoms with Crippen LogP contribution in [0.3, 0.4) is 0 Å². The van der Waals surface area contributed by atoms with E-state index in [9.17, 15) is 19.7 Å². The first-order chi connectivity index (χ1) is 11.8. The number of carbonyl (C=O) groups excluding carboxylic acids is 1.